The minimum atomic E-state index is -0.329. The van der Waals surface area contributed by atoms with Gasteiger partial charge in [-0.05, 0) is 39.1 Å². The van der Waals surface area contributed by atoms with Crippen LogP contribution in [0.25, 0.3) is 0 Å². The molecule has 0 aliphatic heterocycles. The van der Waals surface area contributed by atoms with Gasteiger partial charge in [-0.25, -0.2) is 4.39 Å². The fraction of sp³-hybridized carbons (Fsp3) is 0.500. The molecule has 1 atom stereocenters. The zero-order chi connectivity index (χ0) is 14.4. The fourth-order valence-electron chi connectivity index (χ4n) is 1.71. The molecule has 122 valence electrons. The van der Waals surface area contributed by atoms with Crippen molar-refractivity contribution >= 4 is 42.1 Å². The highest BCUT2D eigenvalue weighted by molar-refractivity contribution is 5.95. The molecule has 1 unspecified atom stereocenters. The Balaban J connectivity index is 0. The lowest BCUT2D eigenvalue weighted by Gasteiger charge is -2.17. The molecule has 0 aliphatic carbocycles. The Hall–Kier alpha value is -1.04. The summed E-state index contributed by atoms with van der Waals surface area (Å²) in [5.74, 6) is -0.570. The second-order valence-corrected chi connectivity index (χ2v) is 4.94. The molecule has 1 rings (SSSR count). The first kappa shape index (κ1) is 22.2. The van der Waals surface area contributed by atoms with Crippen LogP contribution in [-0.4, -0.2) is 25.5 Å². The smallest absolute Gasteiger partial charge is 0.228 e. The van der Waals surface area contributed by atoms with E-state index in [4.69, 9.17) is 0 Å². The van der Waals surface area contributed by atoms with Crippen molar-refractivity contribution in [1.29, 1.82) is 0 Å². The topological polar surface area (TPSA) is 53.2 Å². The monoisotopic (exact) mass is 339 g/mol. The average Bonchev–Trinajstić information content (AvgIpc) is 2.32. The van der Waals surface area contributed by atoms with Gasteiger partial charge in [0.05, 0.1) is 11.4 Å². The summed E-state index contributed by atoms with van der Waals surface area (Å²) in [5.41, 5.74) is 1.20. The van der Waals surface area contributed by atoms with Crippen LogP contribution in [0.2, 0.25) is 0 Å². The van der Waals surface area contributed by atoms with Crippen molar-refractivity contribution in [1.82, 2.24) is 5.32 Å². The molecule has 0 heterocycles. The molecular weight excluding hydrogens is 316 g/mol. The average molecular weight is 340 g/mol. The summed E-state index contributed by atoms with van der Waals surface area (Å²) in [7, 11) is 1.80. The van der Waals surface area contributed by atoms with Crippen molar-refractivity contribution in [2.24, 2.45) is 5.92 Å². The van der Waals surface area contributed by atoms with Crippen LogP contribution >= 0.6 is 24.8 Å². The molecule has 0 fully saturated rings. The Morgan fingerprint density at radius 2 is 1.81 bits per heavy atom. The van der Waals surface area contributed by atoms with Gasteiger partial charge in [-0.15, -0.1) is 24.8 Å². The lowest BCUT2D eigenvalue weighted by Crippen LogP contribution is -2.29. The number of halogens is 3. The van der Waals surface area contributed by atoms with Gasteiger partial charge in [0, 0.05) is 18.5 Å². The maximum absolute atomic E-state index is 13.3. The van der Waals surface area contributed by atoms with Crippen molar-refractivity contribution in [3.05, 3.63) is 24.0 Å². The van der Waals surface area contributed by atoms with Crippen molar-refractivity contribution < 1.29 is 9.18 Å². The van der Waals surface area contributed by atoms with E-state index in [2.05, 4.69) is 16.0 Å². The largest absolute Gasteiger partial charge is 0.381 e. The van der Waals surface area contributed by atoms with Crippen molar-refractivity contribution in [2.45, 2.75) is 26.8 Å². The van der Waals surface area contributed by atoms with Crippen LogP contribution < -0.4 is 16.0 Å². The van der Waals surface area contributed by atoms with Crippen molar-refractivity contribution in [3.63, 3.8) is 0 Å². The Morgan fingerprint density at radius 1 is 1.19 bits per heavy atom. The fourth-order valence-corrected chi connectivity index (χ4v) is 1.71. The molecule has 21 heavy (non-hydrogen) atoms. The molecule has 0 bridgehead atoms. The lowest BCUT2D eigenvalue weighted by molar-refractivity contribution is -0.119. The molecule has 0 spiro atoms. The molecule has 3 N–H and O–H groups in total. The molecule has 4 nitrogen and oxygen atoms in total. The van der Waals surface area contributed by atoms with E-state index in [-0.39, 0.29) is 48.5 Å². The Bertz CT molecular complexity index is 444. The van der Waals surface area contributed by atoms with E-state index in [0.717, 1.165) is 0 Å². The van der Waals surface area contributed by atoms with Crippen LogP contribution in [0.5, 0.6) is 0 Å². The molecule has 0 aliphatic rings. The van der Waals surface area contributed by atoms with E-state index in [0.29, 0.717) is 17.9 Å². The summed E-state index contributed by atoms with van der Waals surface area (Å²) in [6.45, 7) is 6.35. The number of amides is 1. The quantitative estimate of drug-likeness (QED) is 0.745. The Kier molecular flexibility index (Phi) is 11.3. The van der Waals surface area contributed by atoms with Gasteiger partial charge < -0.3 is 16.0 Å². The summed E-state index contributed by atoms with van der Waals surface area (Å²) in [6, 6.07) is 4.46. The zero-order valence-corrected chi connectivity index (χ0v) is 14.3. The number of benzene rings is 1. The predicted octanol–water partition coefficient (Wildman–Crippen LogP) is 3.28. The van der Waals surface area contributed by atoms with Crippen LogP contribution in [0.1, 0.15) is 20.8 Å². The molecule has 0 saturated heterocycles. The van der Waals surface area contributed by atoms with Gasteiger partial charge in [0.15, 0.2) is 0 Å². The molecule has 1 amide bonds. The predicted molar refractivity (Wildman–Crippen MR) is 91.4 cm³/mol. The second kappa shape index (κ2) is 10.7. The SMILES string of the molecule is CNCC(C)C(=O)Nc1ccc(F)cc1NC(C)C.Cl.Cl. The van der Waals surface area contributed by atoms with Crippen LogP contribution in [0.3, 0.4) is 0 Å². The van der Waals surface area contributed by atoms with E-state index >= 15 is 0 Å². The maximum Gasteiger partial charge on any atom is 0.228 e. The van der Waals surface area contributed by atoms with Crippen LogP contribution in [0, 0.1) is 11.7 Å². The number of rotatable bonds is 6. The minimum absolute atomic E-state index is 0. The number of carbonyl (C=O) groups excluding carboxylic acids is 1. The van der Waals surface area contributed by atoms with Gasteiger partial charge in [0.2, 0.25) is 5.91 Å². The first-order chi connectivity index (χ1) is 8.93. The van der Waals surface area contributed by atoms with E-state index < -0.39 is 0 Å². The number of anilines is 2. The summed E-state index contributed by atoms with van der Waals surface area (Å²) in [4.78, 5) is 12.0. The molecule has 1 aromatic rings. The molecule has 0 radical (unpaired) electrons. The molecule has 0 aromatic heterocycles. The maximum atomic E-state index is 13.3. The van der Waals surface area contributed by atoms with E-state index in [1.807, 2.05) is 20.8 Å². The highest BCUT2D eigenvalue weighted by Crippen LogP contribution is 2.24. The third-order valence-corrected chi connectivity index (χ3v) is 2.64. The Labute approximate surface area is 138 Å². The molecule has 7 heteroatoms. The van der Waals surface area contributed by atoms with Crippen LogP contribution in [0.4, 0.5) is 15.8 Å². The highest BCUT2D eigenvalue weighted by Gasteiger charge is 2.14. The van der Waals surface area contributed by atoms with E-state index in [9.17, 15) is 9.18 Å². The van der Waals surface area contributed by atoms with Gasteiger partial charge in [0.25, 0.3) is 0 Å². The van der Waals surface area contributed by atoms with Crippen LogP contribution in [0.15, 0.2) is 18.2 Å². The third kappa shape index (κ3) is 7.50. The number of carbonyl (C=O) groups is 1. The standard InChI is InChI=1S/C14H22FN3O.2ClH/c1-9(2)17-13-7-11(15)5-6-12(13)18-14(19)10(3)8-16-4;;/h5-7,9-10,16-17H,8H2,1-4H3,(H,18,19);2*1H. The number of hydrogen-bond donors (Lipinski definition) is 3. The van der Waals surface area contributed by atoms with Crippen molar-refractivity contribution in [3.8, 4) is 0 Å². The zero-order valence-electron chi connectivity index (χ0n) is 12.7. The third-order valence-electron chi connectivity index (χ3n) is 2.64. The van der Waals surface area contributed by atoms with Gasteiger partial charge in [-0.1, -0.05) is 6.92 Å². The minimum Gasteiger partial charge on any atom is -0.381 e. The molecule has 1 aromatic carbocycles. The van der Waals surface area contributed by atoms with Gasteiger partial charge in [-0.3, -0.25) is 4.79 Å². The summed E-state index contributed by atoms with van der Waals surface area (Å²) in [5, 5.41) is 8.89. The lowest BCUT2D eigenvalue weighted by atomic mass is 10.1. The van der Waals surface area contributed by atoms with Crippen LogP contribution in [-0.2, 0) is 4.79 Å². The highest BCUT2D eigenvalue weighted by atomic mass is 35.5. The number of hydrogen-bond acceptors (Lipinski definition) is 3. The van der Waals surface area contributed by atoms with E-state index in [1.165, 1.54) is 12.1 Å². The first-order valence-electron chi connectivity index (χ1n) is 6.45. The summed E-state index contributed by atoms with van der Waals surface area (Å²) < 4.78 is 13.3. The first-order valence-corrected chi connectivity index (χ1v) is 6.45. The number of nitrogens with one attached hydrogen (secondary N) is 3. The second-order valence-electron chi connectivity index (χ2n) is 4.94. The van der Waals surface area contributed by atoms with E-state index in [1.54, 1.807) is 13.1 Å². The van der Waals surface area contributed by atoms with Gasteiger partial charge in [-0.2, -0.15) is 0 Å². The normalized spacial score (nSPS) is 11.1. The molecular formula is C14H24Cl2FN3O. The van der Waals surface area contributed by atoms with Gasteiger partial charge in [0.1, 0.15) is 5.82 Å². The summed E-state index contributed by atoms with van der Waals surface area (Å²) in [6.07, 6.45) is 0. The van der Waals surface area contributed by atoms with Gasteiger partial charge >= 0.3 is 0 Å². The Morgan fingerprint density at radius 3 is 2.33 bits per heavy atom. The summed E-state index contributed by atoms with van der Waals surface area (Å²) >= 11 is 0. The molecule has 0 saturated carbocycles. The van der Waals surface area contributed by atoms with Crippen molar-refractivity contribution in [2.75, 3.05) is 24.2 Å².